The second-order valence-electron chi connectivity index (χ2n) is 5.51. The standard InChI is InChI=1S/C13H20N4OS/c1-5-9-10-11(16(4)15-9)17(12(19)14-10)13(3)6-7-18-8(13)2/h8H,5-7H2,1-4H3,(H,14,19). The van der Waals surface area contributed by atoms with E-state index in [4.69, 9.17) is 17.0 Å². The van der Waals surface area contributed by atoms with Crippen LogP contribution in [0.2, 0.25) is 0 Å². The van der Waals surface area contributed by atoms with Gasteiger partial charge in [-0.05, 0) is 38.9 Å². The molecule has 1 N–H and O–H groups in total. The van der Waals surface area contributed by atoms with Crippen molar-refractivity contribution in [2.75, 3.05) is 6.61 Å². The van der Waals surface area contributed by atoms with Gasteiger partial charge in [0.2, 0.25) is 0 Å². The highest BCUT2D eigenvalue weighted by Crippen LogP contribution is 2.36. The molecule has 3 heterocycles. The van der Waals surface area contributed by atoms with Gasteiger partial charge in [-0.25, -0.2) is 0 Å². The smallest absolute Gasteiger partial charge is 0.179 e. The first-order chi connectivity index (χ1) is 8.99. The van der Waals surface area contributed by atoms with Crippen molar-refractivity contribution in [1.82, 2.24) is 19.3 Å². The fraction of sp³-hybridized carbons (Fsp3) is 0.692. The summed E-state index contributed by atoms with van der Waals surface area (Å²) in [5, 5.41) is 4.58. The normalized spacial score (nSPS) is 27.5. The van der Waals surface area contributed by atoms with Crippen LogP contribution in [-0.4, -0.2) is 32.0 Å². The quantitative estimate of drug-likeness (QED) is 0.860. The first kappa shape index (κ1) is 12.9. The average molecular weight is 280 g/mol. The lowest BCUT2D eigenvalue weighted by molar-refractivity contribution is 0.0765. The van der Waals surface area contributed by atoms with Gasteiger partial charge in [-0.15, -0.1) is 0 Å². The minimum absolute atomic E-state index is 0.103. The average Bonchev–Trinajstić information content (AvgIpc) is 2.96. The Hall–Kier alpha value is -1.14. The largest absolute Gasteiger partial charge is 0.376 e. The van der Waals surface area contributed by atoms with Gasteiger partial charge in [0.1, 0.15) is 5.52 Å². The van der Waals surface area contributed by atoms with Gasteiger partial charge in [0, 0.05) is 13.7 Å². The molecule has 2 aromatic rings. The van der Waals surface area contributed by atoms with Crippen LogP contribution in [0, 0.1) is 4.77 Å². The number of rotatable bonds is 2. The molecule has 1 aliphatic rings. The van der Waals surface area contributed by atoms with Crippen molar-refractivity contribution in [1.29, 1.82) is 0 Å². The number of ether oxygens (including phenoxy) is 1. The fourth-order valence-electron chi connectivity index (χ4n) is 3.05. The Labute approximate surface area is 117 Å². The number of H-pyrrole nitrogens is 1. The molecule has 2 atom stereocenters. The van der Waals surface area contributed by atoms with E-state index in [0.29, 0.717) is 0 Å². The molecule has 0 radical (unpaired) electrons. The lowest BCUT2D eigenvalue weighted by atomic mass is 9.94. The number of nitrogens with one attached hydrogen (secondary N) is 1. The van der Waals surface area contributed by atoms with Crippen molar-refractivity contribution in [3.63, 3.8) is 0 Å². The Balaban J connectivity index is 2.32. The van der Waals surface area contributed by atoms with Gasteiger partial charge in [-0.1, -0.05) is 6.92 Å². The zero-order chi connectivity index (χ0) is 13.8. The Morgan fingerprint density at radius 2 is 2.32 bits per heavy atom. The van der Waals surface area contributed by atoms with E-state index < -0.39 is 0 Å². The molecule has 0 bridgehead atoms. The van der Waals surface area contributed by atoms with Crippen LogP contribution in [0.5, 0.6) is 0 Å². The van der Waals surface area contributed by atoms with Gasteiger partial charge in [0.05, 0.1) is 17.3 Å². The second kappa shape index (κ2) is 4.18. The van der Waals surface area contributed by atoms with E-state index in [1.54, 1.807) is 0 Å². The molecule has 0 amide bonds. The zero-order valence-corrected chi connectivity index (χ0v) is 12.7. The summed E-state index contributed by atoms with van der Waals surface area (Å²) >= 11 is 5.55. The number of hydrogen-bond acceptors (Lipinski definition) is 3. The van der Waals surface area contributed by atoms with Gasteiger partial charge < -0.3 is 9.72 Å². The van der Waals surface area contributed by atoms with E-state index in [1.807, 2.05) is 11.7 Å². The van der Waals surface area contributed by atoms with Crippen molar-refractivity contribution in [3.05, 3.63) is 10.5 Å². The minimum atomic E-state index is -0.103. The third-order valence-electron chi connectivity index (χ3n) is 4.43. The maximum Gasteiger partial charge on any atom is 0.179 e. The predicted molar refractivity (Wildman–Crippen MR) is 76.9 cm³/mol. The van der Waals surface area contributed by atoms with Crippen LogP contribution >= 0.6 is 12.2 Å². The van der Waals surface area contributed by atoms with E-state index in [0.717, 1.165) is 41.1 Å². The van der Waals surface area contributed by atoms with Crippen LogP contribution in [0.3, 0.4) is 0 Å². The Morgan fingerprint density at radius 3 is 2.89 bits per heavy atom. The number of aryl methyl sites for hydroxylation is 2. The molecule has 6 heteroatoms. The van der Waals surface area contributed by atoms with Gasteiger partial charge in [-0.2, -0.15) is 5.10 Å². The number of fused-ring (bicyclic) bond motifs is 1. The molecule has 2 aromatic heterocycles. The topological polar surface area (TPSA) is 47.8 Å². The molecule has 0 aromatic carbocycles. The van der Waals surface area contributed by atoms with Crippen molar-refractivity contribution in [2.24, 2.45) is 7.05 Å². The fourth-order valence-corrected chi connectivity index (χ4v) is 3.45. The molecule has 19 heavy (non-hydrogen) atoms. The Morgan fingerprint density at radius 1 is 1.58 bits per heavy atom. The highest BCUT2D eigenvalue weighted by molar-refractivity contribution is 7.71. The van der Waals surface area contributed by atoms with Crippen molar-refractivity contribution < 1.29 is 4.74 Å². The van der Waals surface area contributed by atoms with Crippen LogP contribution < -0.4 is 0 Å². The summed E-state index contributed by atoms with van der Waals surface area (Å²) in [4.78, 5) is 3.33. The van der Waals surface area contributed by atoms with Crippen molar-refractivity contribution in [3.8, 4) is 0 Å². The van der Waals surface area contributed by atoms with Crippen molar-refractivity contribution in [2.45, 2.75) is 45.3 Å². The van der Waals surface area contributed by atoms with Gasteiger partial charge in [0.15, 0.2) is 10.4 Å². The molecule has 5 nitrogen and oxygen atoms in total. The number of aromatic nitrogens is 4. The summed E-state index contributed by atoms with van der Waals surface area (Å²) in [6.07, 6.45) is 2.02. The molecule has 1 aliphatic heterocycles. The lowest BCUT2D eigenvalue weighted by Crippen LogP contribution is -2.37. The zero-order valence-electron chi connectivity index (χ0n) is 11.9. The van der Waals surface area contributed by atoms with Crippen LogP contribution in [0.25, 0.3) is 11.2 Å². The van der Waals surface area contributed by atoms with Crippen molar-refractivity contribution >= 4 is 23.4 Å². The molecule has 0 saturated carbocycles. The first-order valence-corrected chi connectivity index (χ1v) is 7.18. The third kappa shape index (κ3) is 1.63. The molecular weight excluding hydrogens is 260 g/mol. The maximum absolute atomic E-state index is 5.76. The molecule has 3 rings (SSSR count). The molecular formula is C13H20N4OS. The first-order valence-electron chi connectivity index (χ1n) is 6.77. The SMILES string of the molecule is CCc1nn(C)c2c1[nH]c(=S)n2C1(C)CCOC1C. The summed E-state index contributed by atoms with van der Waals surface area (Å²) in [7, 11) is 1.98. The minimum Gasteiger partial charge on any atom is -0.376 e. The van der Waals surface area contributed by atoms with Crippen LogP contribution in [0.15, 0.2) is 0 Å². The molecule has 0 aliphatic carbocycles. The molecule has 0 spiro atoms. The van der Waals surface area contributed by atoms with E-state index in [1.165, 1.54) is 0 Å². The third-order valence-corrected chi connectivity index (χ3v) is 4.72. The Bertz CT molecular complexity index is 683. The lowest BCUT2D eigenvalue weighted by Gasteiger charge is -2.29. The monoisotopic (exact) mass is 280 g/mol. The van der Waals surface area contributed by atoms with E-state index in [-0.39, 0.29) is 11.6 Å². The summed E-state index contributed by atoms with van der Waals surface area (Å²) < 4.78 is 10.6. The number of imidazole rings is 1. The second-order valence-corrected chi connectivity index (χ2v) is 5.89. The van der Waals surface area contributed by atoms with Gasteiger partial charge in [-0.3, -0.25) is 9.25 Å². The van der Waals surface area contributed by atoms with E-state index >= 15 is 0 Å². The molecule has 1 fully saturated rings. The molecule has 1 saturated heterocycles. The molecule has 2 unspecified atom stereocenters. The highest BCUT2D eigenvalue weighted by Gasteiger charge is 2.41. The summed E-state index contributed by atoms with van der Waals surface area (Å²) in [6, 6.07) is 0. The van der Waals surface area contributed by atoms with Crippen LogP contribution in [0.1, 0.15) is 32.9 Å². The highest BCUT2D eigenvalue weighted by atomic mass is 32.1. The number of aromatic amines is 1. The van der Waals surface area contributed by atoms with E-state index in [2.05, 4.69) is 35.4 Å². The predicted octanol–water partition coefficient (Wildman–Crippen LogP) is 2.52. The summed E-state index contributed by atoms with van der Waals surface area (Å²) in [5.41, 5.74) is 3.10. The van der Waals surface area contributed by atoms with Crippen LogP contribution in [-0.2, 0) is 23.7 Å². The summed E-state index contributed by atoms with van der Waals surface area (Å²) in [6.45, 7) is 7.22. The molecule has 104 valence electrons. The van der Waals surface area contributed by atoms with Gasteiger partial charge in [0.25, 0.3) is 0 Å². The number of hydrogen-bond donors (Lipinski definition) is 1. The maximum atomic E-state index is 5.76. The van der Waals surface area contributed by atoms with E-state index in [9.17, 15) is 0 Å². The van der Waals surface area contributed by atoms with Gasteiger partial charge >= 0.3 is 0 Å². The summed E-state index contributed by atoms with van der Waals surface area (Å²) in [5.74, 6) is 0. The Kier molecular flexibility index (Phi) is 2.83. The number of nitrogens with zero attached hydrogens (tertiary/aromatic N) is 3. The van der Waals surface area contributed by atoms with Crippen LogP contribution in [0.4, 0.5) is 0 Å².